The van der Waals surface area contributed by atoms with Crippen molar-refractivity contribution in [3.05, 3.63) is 40.4 Å². The number of pyridine rings is 1. The number of para-hydroxylation sites is 1. The smallest absolute Gasteiger partial charge is 0.263 e. The van der Waals surface area contributed by atoms with E-state index in [1.807, 2.05) is 42.2 Å². The number of rotatable bonds is 5. The number of hydrogen-bond donors (Lipinski definition) is 0. The molecule has 3 nitrogen and oxygen atoms in total. The first-order chi connectivity index (χ1) is 11.2. The SMILES string of the molecule is CCCCN(CC)C(=O)c1cc2c(Cl)nc3ccccc3c2s1. The van der Waals surface area contributed by atoms with Crippen LogP contribution in [-0.2, 0) is 0 Å². The molecule has 0 aliphatic carbocycles. The summed E-state index contributed by atoms with van der Waals surface area (Å²) in [4.78, 5) is 19.8. The number of hydrogen-bond acceptors (Lipinski definition) is 3. The van der Waals surface area contributed by atoms with Crippen LogP contribution in [0.25, 0.3) is 21.0 Å². The van der Waals surface area contributed by atoms with Crippen LogP contribution in [0.3, 0.4) is 0 Å². The summed E-state index contributed by atoms with van der Waals surface area (Å²) in [5.41, 5.74) is 0.865. The van der Waals surface area contributed by atoms with Crippen LogP contribution in [-0.4, -0.2) is 28.9 Å². The third-order valence-electron chi connectivity index (χ3n) is 3.98. The van der Waals surface area contributed by atoms with Gasteiger partial charge in [0.05, 0.1) is 10.4 Å². The second-order valence-corrected chi connectivity index (χ2v) is 6.92. The van der Waals surface area contributed by atoms with E-state index in [0.29, 0.717) is 5.15 Å². The zero-order valence-electron chi connectivity index (χ0n) is 13.3. The van der Waals surface area contributed by atoms with Gasteiger partial charge in [0.2, 0.25) is 0 Å². The molecule has 3 rings (SSSR count). The molecular weight excluding hydrogens is 328 g/mol. The molecule has 23 heavy (non-hydrogen) atoms. The Hall–Kier alpha value is -1.65. The molecule has 0 fully saturated rings. The van der Waals surface area contributed by atoms with E-state index in [0.717, 1.165) is 51.8 Å². The van der Waals surface area contributed by atoms with E-state index < -0.39 is 0 Å². The molecule has 0 N–H and O–H groups in total. The number of unbranched alkanes of at least 4 members (excludes halogenated alkanes) is 1. The van der Waals surface area contributed by atoms with Crippen molar-refractivity contribution >= 4 is 49.8 Å². The van der Waals surface area contributed by atoms with Crippen LogP contribution in [0.2, 0.25) is 5.15 Å². The number of halogens is 1. The number of carbonyl (C=O) groups is 1. The van der Waals surface area contributed by atoms with Gasteiger partial charge in [-0.15, -0.1) is 11.3 Å². The molecule has 2 aromatic heterocycles. The molecule has 2 heterocycles. The van der Waals surface area contributed by atoms with Crippen LogP contribution in [0, 0.1) is 0 Å². The molecule has 3 aromatic rings. The fourth-order valence-electron chi connectivity index (χ4n) is 2.69. The molecule has 0 spiro atoms. The van der Waals surface area contributed by atoms with E-state index in [2.05, 4.69) is 11.9 Å². The van der Waals surface area contributed by atoms with Gasteiger partial charge < -0.3 is 4.90 Å². The number of fused-ring (bicyclic) bond motifs is 3. The molecule has 0 atom stereocenters. The van der Waals surface area contributed by atoms with Gasteiger partial charge in [0, 0.05) is 28.6 Å². The number of carbonyl (C=O) groups excluding carboxylic acids is 1. The van der Waals surface area contributed by atoms with Gasteiger partial charge in [-0.2, -0.15) is 0 Å². The molecule has 0 saturated carbocycles. The topological polar surface area (TPSA) is 33.2 Å². The normalized spacial score (nSPS) is 11.3. The van der Waals surface area contributed by atoms with Gasteiger partial charge >= 0.3 is 0 Å². The molecular formula is C18H19ClN2OS. The summed E-state index contributed by atoms with van der Waals surface area (Å²) in [5.74, 6) is 0.0855. The minimum absolute atomic E-state index is 0.0855. The lowest BCUT2D eigenvalue weighted by molar-refractivity contribution is 0.0767. The third kappa shape index (κ3) is 3.06. The molecule has 0 radical (unpaired) electrons. The van der Waals surface area contributed by atoms with Gasteiger partial charge in [-0.25, -0.2) is 4.98 Å². The first kappa shape index (κ1) is 16.2. The number of benzene rings is 1. The molecule has 120 valence electrons. The van der Waals surface area contributed by atoms with E-state index >= 15 is 0 Å². The minimum atomic E-state index is 0.0855. The number of aromatic nitrogens is 1. The lowest BCUT2D eigenvalue weighted by Gasteiger charge is -2.19. The van der Waals surface area contributed by atoms with E-state index in [-0.39, 0.29) is 5.91 Å². The highest BCUT2D eigenvalue weighted by Crippen LogP contribution is 2.36. The third-order valence-corrected chi connectivity index (χ3v) is 5.43. The van der Waals surface area contributed by atoms with Crippen molar-refractivity contribution in [2.45, 2.75) is 26.7 Å². The van der Waals surface area contributed by atoms with Gasteiger partial charge in [0.15, 0.2) is 0 Å². The molecule has 1 amide bonds. The standard InChI is InChI=1S/C18H19ClN2OS/c1-3-5-10-21(4-2)18(22)15-11-13-16(23-15)12-8-6-7-9-14(12)20-17(13)19/h6-9,11H,3-5,10H2,1-2H3. The van der Waals surface area contributed by atoms with Crippen molar-refractivity contribution in [3.8, 4) is 0 Å². The molecule has 0 saturated heterocycles. The fourth-order valence-corrected chi connectivity index (χ4v) is 4.14. The maximum Gasteiger partial charge on any atom is 0.263 e. The van der Waals surface area contributed by atoms with Crippen molar-refractivity contribution in [3.63, 3.8) is 0 Å². The van der Waals surface area contributed by atoms with Crippen LogP contribution < -0.4 is 0 Å². The molecule has 0 bridgehead atoms. The molecule has 0 aliphatic rings. The predicted octanol–water partition coefficient (Wildman–Crippen LogP) is 5.37. The average Bonchev–Trinajstić information content (AvgIpc) is 3.01. The van der Waals surface area contributed by atoms with Crippen LogP contribution in [0.1, 0.15) is 36.4 Å². The Kier molecular flexibility index (Phi) is 4.83. The Balaban J connectivity index is 2.07. The Morgan fingerprint density at radius 2 is 2.04 bits per heavy atom. The molecule has 5 heteroatoms. The summed E-state index contributed by atoms with van der Waals surface area (Å²) in [7, 11) is 0. The fraction of sp³-hybridized carbons (Fsp3) is 0.333. The Morgan fingerprint density at radius 3 is 2.78 bits per heavy atom. The lowest BCUT2D eigenvalue weighted by Crippen LogP contribution is -2.31. The Labute approximate surface area is 144 Å². The number of amides is 1. The zero-order chi connectivity index (χ0) is 16.4. The molecule has 0 aliphatic heterocycles. The van der Waals surface area contributed by atoms with Crippen molar-refractivity contribution < 1.29 is 4.79 Å². The summed E-state index contributed by atoms with van der Waals surface area (Å²) < 4.78 is 1.04. The van der Waals surface area contributed by atoms with Gasteiger partial charge in [-0.1, -0.05) is 43.1 Å². The quantitative estimate of drug-likeness (QED) is 0.582. The second-order valence-electron chi connectivity index (χ2n) is 5.51. The highest BCUT2D eigenvalue weighted by molar-refractivity contribution is 7.21. The summed E-state index contributed by atoms with van der Waals surface area (Å²) in [6, 6.07) is 9.79. The largest absolute Gasteiger partial charge is 0.338 e. The Bertz CT molecular complexity index is 859. The Morgan fingerprint density at radius 1 is 1.26 bits per heavy atom. The van der Waals surface area contributed by atoms with E-state index in [1.54, 1.807) is 0 Å². The van der Waals surface area contributed by atoms with Crippen molar-refractivity contribution in [1.29, 1.82) is 0 Å². The highest BCUT2D eigenvalue weighted by atomic mass is 35.5. The first-order valence-corrected chi connectivity index (χ1v) is 9.12. The maximum absolute atomic E-state index is 12.8. The van der Waals surface area contributed by atoms with E-state index in [4.69, 9.17) is 11.6 Å². The second kappa shape index (κ2) is 6.85. The summed E-state index contributed by atoms with van der Waals surface area (Å²) >= 11 is 7.83. The minimum Gasteiger partial charge on any atom is -0.338 e. The highest BCUT2D eigenvalue weighted by Gasteiger charge is 2.19. The number of nitrogens with zero attached hydrogens (tertiary/aromatic N) is 2. The summed E-state index contributed by atoms with van der Waals surface area (Å²) in [6.45, 7) is 5.67. The lowest BCUT2D eigenvalue weighted by atomic mass is 10.2. The van der Waals surface area contributed by atoms with Crippen molar-refractivity contribution in [2.75, 3.05) is 13.1 Å². The van der Waals surface area contributed by atoms with Crippen LogP contribution >= 0.6 is 22.9 Å². The van der Waals surface area contributed by atoms with Crippen molar-refractivity contribution in [1.82, 2.24) is 9.88 Å². The average molecular weight is 347 g/mol. The predicted molar refractivity (Wildman–Crippen MR) is 98.6 cm³/mol. The van der Waals surface area contributed by atoms with Crippen LogP contribution in [0.5, 0.6) is 0 Å². The van der Waals surface area contributed by atoms with Crippen LogP contribution in [0.4, 0.5) is 0 Å². The molecule has 0 unspecified atom stereocenters. The molecule has 1 aromatic carbocycles. The summed E-state index contributed by atoms with van der Waals surface area (Å²) in [5, 5.41) is 2.38. The van der Waals surface area contributed by atoms with Crippen LogP contribution in [0.15, 0.2) is 30.3 Å². The van der Waals surface area contributed by atoms with Gasteiger partial charge in [0.25, 0.3) is 5.91 Å². The van der Waals surface area contributed by atoms with Gasteiger partial charge in [-0.3, -0.25) is 4.79 Å². The zero-order valence-corrected chi connectivity index (χ0v) is 14.9. The van der Waals surface area contributed by atoms with Gasteiger partial charge in [0.1, 0.15) is 5.15 Å². The van der Waals surface area contributed by atoms with Gasteiger partial charge in [-0.05, 0) is 25.5 Å². The first-order valence-electron chi connectivity index (χ1n) is 7.92. The number of thiophene rings is 1. The van der Waals surface area contributed by atoms with E-state index in [1.165, 1.54) is 11.3 Å². The maximum atomic E-state index is 12.8. The monoisotopic (exact) mass is 346 g/mol. The summed E-state index contributed by atoms with van der Waals surface area (Å²) in [6.07, 6.45) is 2.10. The van der Waals surface area contributed by atoms with E-state index in [9.17, 15) is 4.79 Å². The van der Waals surface area contributed by atoms with Crippen molar-refractivity contribution in [2.24, 2.45) is 0 Å².